The van der Waals surface area contributed by atoms with Crippen LogP contribution < -0.4 is 5.73 Å². The van der Waals surface area contributed by atoms with Crippen molar-refractivity contribution >= 4 is 27.6 Å². The molecule has 128 valence electrons. The van der Waals surface area contributed by atoms with Gasteiger partial charge in [0.05, 0.1) is 5.52 Å². The van der Waals surface area contributed by atoms with Crippen LogP contribution >= 0.6 is 0 Å². The Morgan fingerprint density at radius 3 is 2.50 bits per heavy atom. The zero-order valence-corrected chi connectivity index (χ0v) is 14.5. The van der Waals surface area contributed by atoms with E-state index in [9.17, 15) is 0 Å². The van der Waals surface area contributed by atoms with Crippen molar-refractivity contribution in [1.82, 2.24) is 9.97 Å². The van der Waals surface area contributed by atoms with Crippen molar-refractivity contribution in [3.63, 3.8) is 0 Å². The molecule has 0 saturated heterocycles. The highest BCUT2D eigenvalue weighted by molar-refractivity contribution is 6.08. The van der Waals surface area contributed by atoms with Gasteiger partial charge in [-0.25, -0.2) is 0 Å². The predicted molar refractivity (Wildman–Crippen MR) is 107 cm³/mol. The summed E-state index contributed by atoms with van der Waals surface area (Å²) in [6.07, 6.45) is 6.56. The number of benzene rings is 2. The number of H-pyrrole nitrogens is 1. The van der Waals surface area contributed by atoms with Crippen molar-refractivity contribution < 1.29 is 0 Å². The summed E-state index contributed by atoms with van der Waals surface area (Å²) in [6.45, 7) is 0. The Morgan fingerprint density at radius 2 is 1.73 bits per heavy atom. The molecule has 1 aliphatic rings. The lowest BCUT2D eigenvalue weighted by molar-refractivity contribution is 0.689. The van der Waals surface area contributed by atoms with Crippen LogP contribution in [0.5, 0.6) is 0 Å². The number of nitrogens with two attached hydrogens (primary N) is 1. The number of aromatic amines is 1. The van der Waals surface area contributed by atoms with Crippen LogP contribution in [0.4, 0.5) is 0 Å². The van der Waals surface area contributed by atoms with Crippen LogP contribution in [0.25, 0.3) is 33.1 Å². The van der Waals surface area contributed by atoms with E-state index in [1.54, 1.807) is 0 Å². The number of nitrogens with zero attached hydrogens (tertiary/aromatic N) is 1. The molecule has 4 N–H and O–H groups in total. The maximum atomic E-state index is 7.60. The third kappa shape index (κ3) is 2.22. The first-order valence-corrected chi connectivity index (χ1v) is 9.08. The lowest BCUT2D eigenvalue weighted by Crippen LogP contribution is -2.11. The molecule has 2 aromatic heterocycles. The highest BCUT2D eigenvalue weighted by Gasteiger charge is 2.20. The minimum atomic E-state index is 0.104. The Kier molecular flexibility index (Phi) is 3.32. The second kappa shape index (κ2) is 5.70. The second-order valence-corrected chi connectivity index (χ2v) is 7.02. The van der Waals surface area contributed by atoms with E-state index in [4.69, 9.17) is 11.1 Å². The van der Waals surface area contributed by atoms with Gasteiger partial charge in [-0.2, -0.15) is 0 Å². The smallest absolute Gasteiger partial charge is 0.122 e. The summed E-state index contributed by atoms with van der Waals surface area (Å²) >= 11 is 0. The molecule has 0 amide bonds. The van der Waals surface area contributed by atoms with Crippen LogP contribution in [0.3, 0.4) is 0 Å². The first-order chi connectivity index (χ1) is 12.7. The number of hydrogen-bond acceptors (Lipinski definition) is 2. The van der Waals surface area contributed by atoms with Crippen LogP contribution in [0.1, 0.15) is 29.5 Å². The van der Waals surface area contributed by atoms with Crippen molar-refractivity contribution in [3.05, 3.63) is 65.4 Å². The first-order valence-electron chi connectivity index (χ1n) is 9.08. The zero-order valence-electron chi connectivity index (χ0n) is 14.5. The van der Waals surface area contributed by atoms with Gasteiger partial charge in [0.2, 0.25) is 0 Å². The normalized spacial score (nSPS) is 13.8. The molecule has 0 spiro atoms. The van der Waals surface area contributed by atoms with E-state index < -0.39 is 0 Å². The van der Waals surface area contributed by atoms with Crippen molar-refractivity contribution in [2.24, 2.45) is 5.73 Å². The van der Waals surface area contributed by atoms with Crippen molar-refractivity contribution in [1.29, 1.82) is 5.41 Å². The lowest BCUT2D eigenvalue weighted by Gasteiger charge is -2.23. The zero-order chi connectivity index (χ0) is 17.7. The Balaban J connectivity index is 1.80. The summed E-state index contributed by atoms with van der Waals surface area (Å²) in [4.78, 5) is 8.17. The molecular weight excluding hydrogens is 320 g/mol. The summed E-state index contributed by atoms with van der Waals surface area (Å²) in [5.74, 6) is 0.104. The van der Waals surface area contributed by atoms with Crippen LogP contribution in [-0.2, 0) is 12.8 Å². The van der Waals surface area contributed by atoms with Gasteiger partial charge >= 0.3 is 0 Å². The summed E-state index contributed by atoms with van der Waals surface area (Å²) in [5, 5.41) is 10.2. The molecule has 2 aromatic carbocycles. The fourth-order valence-electron chi connectivity index (χ4n) is 4.24. The maximum absolute atomic E-state index is 7.60. The van der Waals surface area contributed by atoms with Gasteiger partial charge in [0.25, 0.3) is 0 Å². The Hall–Kier alpha value is -3.14. The molecule has 1 aliphatic carbocycles. The third-order valence-corrected chi connectivity index (χ3v) is 5.49. The summed E-state index contributed by atoms with van der Waals surface area (Å²) in [7, 11) is 0. The number of fused-ring (bicyclic) bond motifs is 5. The fraction of sp³-hybridized carbons (Fsp3) is 0.182. The van der Waals surface area contributed by atoms with E-state index >= 15 is 0 Å². The molecule has 0 atom stereocenters. The number of rotatable bonds is 2. The first kappa shape index (κ1) is 15.1. The molecule has 0 radical (unpaired) electrons. The number of nitrogen functional groups attached to an aromatic ring is 1. The molecule has 4 heteroatoms. The quantitative estimate of drug-likeness (QED) is 0.370. The molecular formula is C22H20N4. The molecule has 4 nitrogen and oxygen atoms in total. The summed E-state index contributed by atoms with van der Waals surface area (Å²) < 4.78 is 0. The van der Waals surface area contributed by atoms with Crippen molar-refractivity contribution in [3.8, 4) is 11.3 Å². The third-order valence-electron chi connectivity index (χ3n) is 5.49. The number of hydrogen-bond donors (Lipinski definition) is 3. The number of pyridine rings is 1. The van der Waals surface area contributed by atoms with Gasteiger partial charge < -0.3 is 10.7 Å². The SMILES string of the molecule is N=C(N)c1ccc(-c2[nH]c3ccc4nccc4c3c3c2CCCC3)cc1. The summed E-state index contributed by atoms with van der Waals surface area (Å²) in [5.41, 5.74) is 13.8. The maximum Gasteiger partial charge on any atom is 0.122 e. The second-order valence-electron chi connectivity index (χ2n) is 7.02. The molecule has 0 saturated carbocycles. The van der Waals surface area contributed by atoms with Gasteiger partial charge in [-0.15, -0.1) is 0 Å². The fourth-order valence-corrected chi connectivity index (χ4v) is 4.24. The Labute approximate surface area is 151 Å². The molecule has 4 aromatic rings. The van der Waals surface area contributed by atoms with Gasteiger partial charge in [-0.05, 0) is 60.6 Å². The lowest BCUT2D eigenvalue weighted by atomic mass is 9.85. The van der Waals surface area contributed by atoms with Gasteiger partial charge in [0, 0.05) is 33.7 Å². The summed E-state index contributed by atoms with van der Waals surface area (Å²) in [6, 6.07) is 14.3. The monoisotopic (exact) mass is 340 g/mol. The Morgan fingerprint density at radius 1 is 0.962 bits per heavy atom. The van der Waals surface area contributed by atoms with Gasteiger partial charge in [0.15, 0.2) is 0 Å². The highest BCUT2D eigenvalue weighted by Crippen LogP contribution is 2.37. The van der Waals surface area contributed by atoms with E-state index in [0.29, 0.717) is 0 Å². The molecule has 2 heterocycles. The largest absolute Gasteiger partial charge is 0.384 e. The topological polar surface area (TPSA) is 78.5 Å². The number of amidine groups is 1. The molecule has 5 rings (SSSR count). The minimum Gasteiger partial charge on any atom is -0.384 e. The molecule has 0 aliphatic heterocycles. The van der Waals surface area contributed by atoms with E-state index in [-0.39, 0.29) is 5.84 Å². The van der Waals surface area contributed by atoms with E-state index in [1.165, 1.54) is 40.4 Å². The van der Waals surface area contributed by atoms with Crippen LogP contribution in [0.15, 0.2) is 48.7 Å². The highest BCUT2D eigenvalue weighted by atomic mass is 14.7. The van der Waals surface area contributed by atoms with Gasteiger partial charge in [-0.1, -0.05) is 24.3 Å². The predicted octanol–water partition coefficient (Wildman–Crippen LogP) is 4.55. The molecule has 0 bridgehead atoms. The van der Waals surface area contributed by atoms with E-state index in [0.717, 1.165) is 35.0 Å². The molecule has 26 heavy (non-hydrogen) atoms. The number of aromatic nitrogens is 2. The van der Waals surface area contributed by atoms with E-state index in [1.807, 2.05) is 18.3 Å². The van der Waals surface area contributed by atoms with Crippen molar-refractivity contribution in [2.75, 3.05) is 0 Å². The average Bonchev–Trinajstić information content (AvgIpc) is 3.16. The van der Waals surface area contributed by atoms with Crippen LogP contribution in [0, 0.1) is 5.41 Å². The van der Waals surface area contributed by atoms with Crippen molar-refractivity contribution in [2.45, 2.75) is 25.7 Å². The van der Waals surface area contributed by atoms with Gasteiger partial charge in [-0.3, -0.25) is 10.4 Å². The van der Waals surface area contributed by atoms with Crippen LogP contribution in [0.2, 0.25) is 0 Å². The minimum absolute atomic E-state index is 0.104. The van der Waals surface area contributed by atoms with Gasteiger partial charge in [0.1, 0.15) is 5.84 Å². The Bertz CT molecular complexity index is 1150. The van der Waals surface area contributed by atoms with Crippen LogP contribution in [-0.4, -0.2) is 15.8 Å². The van der Waals surface area contributed by atoms with E-state index in [2.05, 4.69) is 40.3 Å². The standard InChI is InChI=1S/C22H20N4/c23-22(24)14-7-5-13(6-8-14)21-16-4-2-1-3-15(16)20-17-11-12-25-18(17)9-10-19(20)26-21/h5-12,26H,1-4H2,(H3,23,24). The number of nitrogens with one attached hydrogen (secondary N) is 2. The number of aryl methyl sites for hydroxylation is 1. The molecule has 0 unspecified atom stereocenters. The average molecular weight is 340 g/mol. The molecule has 0 fully saturated rings.